The first-order chi connectivity index (χ1) is 9.11. The maximum atomic E-state index is 12.1. The third kappa shape index (κ3) is 4.34. The van der Waals surface area contributed by atoms with E-state index in [2.05, 4.69) is 4.98 Å². The number of hydrogen-bond donors (Lipinski definition) is 1. The second kappa shape index (κ2) is 6.04. The van der Waals surface area contributed by atoms with E-state index >= 15 is 0 Å². The van der Waals surface area contributed by atoms with Crippen LogP contribution >= 0.6 is 11.6 Å². The van der Waals surface area contributed by atoms with Crippen LogP contribution in [0.25, 0.3) is 0 Å². The number of nitrogens with zero attached hydrogens (tertiary/aromatic N) is 2. The lowest BCUT2D eigenvalue weighted by molar-refractivity contribution is -0.385. The highest BCUT2D eigenvalue weighted by Gasteiger charge is 2.32. The normalized spacial score (nSPS) is 12.8. The lowest BCUT2D eigenvalue weighted by atomic mass is 10.1. The molecule has 1 amide bonds. The molecule has 1 heterocycles. The van der Waals surface area contributed by atoms with Gasteiger partial charge in [0.2, 0.25) is 5.15 Å². The van der Waals surface area contributed by atoms with Gasteiger partial charge in [-0.3, -0.25) is 14.9 Å². The van der Waals surface area contributed by atoms with Crippen LogP contribution in [0.2, 0.25) is 5.15 Å². The quantitative estimate of drug-likeness (QED) is 0.526. The number of nitro groups is 1. The number of nitrogens with one attached hydrogen (secondary N) is 1. The maximum absolute atomic E-state index is 12.1. The molecule has 0 aliphatic carbocycles. The van der Waals surface area contributed by atoms with Gasteiger partial charge < -0.3 is 5.32 Å². The highest BCUT2D eigenvalue weighted by Crippen LogP contribution is 2.26. The Balaban J connectivity index is 2.94. The highest BCUT2D eigenvalue weighted by molar-refractivity contribution is 6.32. The number of rotatable bonds is 4. The minimum Gasteiger partial charge on any atom is -0.349 e. The fourth-order valence-corrected chi connectivity index (χ4v) is 1.71. The molecule has 1 aromatic rings. The minimum atomic E-state index is -4.45. The Labute approximate surface area is 116 Å². The van der Waals surface area contributed by atoms with Gasteiger partial charge in [0, 0.05) is 12.2 Å². The van der Waals surface area contributed by atoms with E-state index in [0.29, 0.717) is 0 Å². The fraction of sp³-hybridized carbons (Fsp3) is 0.400. The number of carbonyl (C=O) groups is 1. The molecule has 1 rings (SSSR count). The number of hydrogen-bond acceptors (Lipinski definition) is 4. The predicted octanol–water partition coefficient (Wildman–Crippen LogP) is 2.71. The van der Waals surface area contributed by atoms with E-state index in [9.17, 15) is 28.1 Å². The Morgan fingerprint density at radius 1 is 1.60 bits per heavy atom. The summed E-state index contributed by atoms with van der Waals surface area (Å²) in [7, 11) is 0. The average Bonchev–Trinajstić information content (AvgIpc) is 2.24. The number of pyridine rings is 1. The summed E-state index contributed by atoms with van der Waals surface area (Å²) in [4.78, 5) is 25.1. The van der Waals surface area contributed by atoms with Crippen LogP contribution in [0.3, 0.4) is 0 Å². The molecule has 0 bridgehead atoms. The van der Waals surface area contributed by atoms with Crippen LogP contribution < -0.4 is 5.32 Å². The average molecular weight is 312 g/mol. The van der Waals surface area contributed by atoms with E-state index < -0.39 is 45.9 Å². The first kappa shape index (κ1) is 16.2. The zero-order valence-corrected chi connectivity index (χ0v) is 10.8. The molecule has 10 heteroatoms. The molecule has 20 heavy (non-hydrogen) atoms. The zero-order valence-electron chi connectivity index (χ0n) is 10.1. The number of amides is 1. The Kier molecular flexibility index (Phi) is 4.88. The van der Waals surface area contributed by atoms with Gasteiger partial charge in [-0.25, -0.2) is 4.98 Å². The molecule has 0 aliphatic rings. The van der Waals surface area contributed by atoms with Gasteiger partial charge >= 0.3 is 11.9 Å². The van der Waals surface area contributed by atoms with Crippen molar-refractivity contribution < 1.29 is 22.9 Å². The predicted molar refractivity (Wildman–Crippen MR) is 63.5 cm³/mol. The molecule has 1 aromatic heterocycles. The maximum Gasteiger partial charge on any atom is 0.391 e. The summed E-state index contributed by atoms with van der Waals surface area (Å²) in [6, 6.07) is -0.214. The second-order valence-corrected chi connectivity index (χ2v) is 4.31. The smallest absolute Gasteiger partial charge is 0.349 e. The molecule has 0 aromatic carbocycles. The molecule has 1 atom stereocenters. The summed E-state index contributed by atoms with van der Waals surface area (Å²) >= 11 is 5.50. The van der Waals surface area contributed by atoms with Crippen molar-refractivity contribution in [2.24, 2.45) is 0 Å². The molecule has 0 radical (unpaired) electrons. The van der Waals surface area contributed by atoms with Gasteiger partial charge in [-0.1, -0.05) is 11.6 Å². The van der Waals surface area contributed by atoms with Crippen LogP contribution in [0.5, 0.6) is 0 Å². The van der Waals surface area contributed by atoms with Crippen LogP contribution in [0.1, 0.15) is 23.7 Å². The Morgan fingerprint density at radius 3 is 2.70 bits per heavy atom. The molecular weight excluding hydrogens is 303 g/mol. The molecular formula is C10H9ClF3N3O3. The highest BCUT2D eigenvalue weighted by atomic mass is 35.5. The summed E-state index contributed by atoms with van der Waals surface area (Å²) < 4.78 is 36.4. The number of halogens is 4. The largest absolute Gasteiger partial charge is 0.391 e. The van der Waals surface area contributed by atoms with Gasteiger partial charge in [0.25, 0.3) is 5.91 Å². The number of alkyl halides is 3. The SMILES string of the molecule is CC(CC(F)(F)F)NC(=O)c1ccnc(Cl)c1[N+](=O)[O-]. The molecule has 0 aliphatic heterocycles. The van der Waals surface area contributed by atoms with Crippen molar-refractivity contribution in [1.82, 2.24) is 10.3 Å². The van der Waals surface area contributed by atoms with Gasteiger partial charge in [0.05, 0.1) is 11.3 Å². The molecule has 0 saturated heterocycles. The third-order valence-electron chi connectivity index (χ3n) is 2.22. The standard InChI is InChI=1S/C10H9ClF3N3O3/c1-5(4-10(12,13)14)16-9(18)6-2-3-15-8(11)7(6)17(19)20/h2-3,5H,4H2,1H3,(H,16,18). The van der Waals surface area contributed by atoms with Crippen molar-refractivity contribution in [2.75, 3.05) is 0 Å². The lowest BCUT2D eigenvalue weighted by Gasteiger charge is -2.15. The minimum absolute atomic E-state index is 0.441. The van der Waals surface area contributed by atoms with Gasteiger partial charge in [-0.2, -0.15) is 13.2 Å². The van der Waals surface area contributed by atoms with Crippen molar-refractivity contribution in [1.29, 1.82) is 0 Å². The van der Waals surface area contributed by atoms with Crippen molar-refractivity contribution in [3.8, 4) is 0 Å². The zero-order chi connectivity index (χ0) is 15.5. The van der Waals surface area contributed by atoms with Crippen molar-refractivity contribution in [3.05, 3.63) is 33.1 Å². The topological polar surface area (TPSA) is 85.1 Å². The number of carbonyl (C=O) groups excluding carboxylic acids is 1. The molecule has 110 valence electrons. The third-order valence-corrected chi connectivity index (χ3v) is 2.50. The van der Waals surface area contributed by atoms with E-state index in [1.165, 1.54) is 0 Å². The van der Waals surface area contributed by atoms with E-state index in [-0.39, 0.29) is 0 Å². The summed E-state index contributed by atoms with van der Waals surface area (Å²) in [5.41, 5.74) is -1.19. The van der Waals surface area contributed by atoms with Crippen molar-refractivity contribution >= 4 is 23.2 Å². The fourth-order valence-electron chi connectivity index (χ4n) is 1.49. The van der Waals surface area contributed by atoms with Crippen LogP contribution in [0.15, 0.2) is 12.3 Å². The van der Waals surface area contributed by atoms with Crippen LogP contribution in [0.4, 0.5) is 18.9 Å². The van der Waals surface area contributed by atoms with E-state index in [1.807, 2.05) is 5.32 Å². The second-order valence-electron chi connectivity index (χ2n) is 3.95. The van der Waals surface area contributed by atoms with Gasteiger partial charge in [0.15, 0.2) is 0 Å². The van der Waals surface area contributed by atoms with Gasteiger partial charge in [-0.15, -0.1) is 0 Å². The van der Waals surface area contributed by atoms with Crippen molar-refractivity contribution in [2.45, 2.75) is 25.6 Å². The van der Waals surface area contributed by atoms with Crippen LogP contribution in [0, 0.1) is 10.1 Å². The van der Waals surface area contributed by atoms with E-state index in [4.69, 9.17) is 11.6 Å². The molecule has 1 N–H and O–H groups in total. The number of aromatic nitrogens is 1. The molecule has 0 spiro atoms. The monoisotopic (exact) mass is 311 g/mol. The summed E-state index contributed by atoms with van der Waals surface area (Å²) in [6.45, 7) is 1.14. The van der Waals surface area contributed by atoms with E-state index in [1.54, 1.807) is 0 Å². The summed E-state index contributed by atoms with van der Waals surface area (Å²) in [5, 5.41) is 12.3. The van der Waals surface area contributed by atoms with E-state index in [0.717, 1.165) is 19.2 Å². The summed E-state index contributed by atoms with van der Waals surface area (Å²) in [6.07, 6.45) is -4.64. The Hall–Kier alpha value is -1.90. The Morgan fingerprint density at radius 2 is 2.20 bits per heavy atom. The van der Waals surface area contributed by atoms with Crippen molar-refractivity contribution in [3.63, 3.8) is 0 Å². The molecule has 0 saturated carbocycles. The first-order valence-electron chi connectivity index (χ1n) is 5.28. The van der Waals surface area contributed by atoms with Gasteiger partial charge in [0.1, 0.15) is 5.56 Å². The molecule has 6 nitrogen and oxygen atoms in total. The molecule has 1 unspecified atom stereocenters. The Bertz CT molecular complexity index is 536. The molecule has 0 fully saturated rings. The lowest BCUT2D eigenvalue weighted by Crippen LogP contribution is -2.36. The van der Waals surface area contributed by atoms with Gasteiger partial charge in [-0.05, 0) is 13.0 Å². The summed E-state index contributed by atoms with van der Waals surface area (Å²) in [5.74, 6) is -1.02. The first-order valence-corrected chi connectivity index (χ1v) is 5.66. The van der Waals surface area contributed by atoms with Crippen LogP contribution in [-0.4, -0.2) is 28.0 Å². The van der Waals surface area contributed by atoms with Crippen LogP contribution in [-0.2, 0) is 0 Å².